The van der Waals surface area contributed by atoms with Crippen molar-refractivity contribution in [2.45, 2.75) is 26.7 Å². The Morgan fingerprint density at radius 1 is 1.62 bits per heavy atom. The molecule has 13 heavy (non-hydrogen) atoms. The summed E-state index contributed by atoms with van der Waals surface area (Å²) in [5, 5.41) is 8.95. The first kappa shape index (κ1) is 9.77. The molecule has 0 amide bonds. The molecule has 1 rings (SSSR count). The maximum Gasteiger partial charge on any atom is 0.314 e. The predicted molar refractivity (Wildman–Crippen MR) is 46.5 cm³/mol. The van der Waals surface area contributed by atoms with E-state index in [4.69, 9.17) is 9.52 Å². The minimum absolute atomic E-state index is 0.00384. The molecule has 0 aromatic carbocycles. The summed E-state index contributed by atoms with van der Waals surface area (Å²) in [5.74, 6) is -0.996. The zero-order valence-electron chi connectivity index (χ0n) is 7.94. The van der Waals surface area contributed by atoms with Gasteiger partial charge >= 0.3 is 5.97 Å². The number of aryl methyl sites for hydroxylation is 1. The highest BCUT2D eigenvalue weighted by atomic mass is 16.4. The average Bonchev–Trinajstić information content (AvgIpc) is 2.35. The van der Waals surface area contributed by atoms with Gasteiger partial charge in [0.25, 0.3) is 0 Å². The van der Waals surface area contributed by atoms with Gasteiger partial charge in [-0.3, -0.25) is 4.79 Å². The van der Waals surface area contributed by atoms with Crippen molar-refractivity contribution in [3.05, 3.63) is 17.8 Å². The Bertz CT molecular complexity index is 304. The van der Waals surface area contributed by atoms with Crippen LogP contribution in [-0.2, 0) is 4.79 Å². The third kappa shape index (κ3) is 1.88. The quantitative estimate of drug-likeness (QED) is 0.776. The predicted octanol–water partition coefficient (Wildman–Crippen LogP) is 1.81. The highest BCUT2D eigenvalue weighted by Crippen LogP contribution is 2.26. The smallest absolute Gasteiger partial charge is 0.314 e. The minimum atomic E-state index is -0.866. The van der Waals surface area contributed by atoms with Gasteiger partial charge in [-0.05, 0) is 12.8 Å². The van der Waals surface area contributed by atoms with E-state index in [0.29, 0.717) is 11.5 Å². The first-order chi connectivity index (χ1) is 6.04. The topological polar surface area (TPSA) is 63.3 Å². The number of hydrogen-bond acceptors (Lipinski definition) is 3. The SMILES string of the molecule is Cc1ncoc1C(C(=O)O)C(C)C. The van der Waals surface area contributed by atoms with E-state index >= 15 is 0 Å². The highest BCUT2D eigenvalue weighted by molar-refractivity contribution is 5.75. The van der Waals surface area contributed by atoms with Gasteiger partial charge < -0.3 is 9.52 Å². The zero-order chi connectivity index (χ0) is 10.0. The van der Waals surface area contributed by atoms with Crippen molar-refractivity contribution in [1.82, 2.24) is 4.98 Å². The molecule has 0 bridgehead atoms. The van der Waals surface area contributed by atoms with Crippen molar-refractivity contribution < 1.29 is 14.3 Å². The fourth-order valence-corrected chi connectivity index (χ4v) is 1.31. The van der Waals surface area contributed by atoms with Crippen molar-refractivity contribution >= 4 is 5.97 Å². The molecular formula is C9H13NO3. The van der Waals surface area contributed by atoms with Crippen molar-refractivity contribution in [2.24, 2.45) is 5.92 Å². The van der Waals surface area contributed by atoms with Crippen molar-refractivity contribution in [2.75, 3.05) is 0 Å². The molecule has 0 fully saturated rings. The largest absolute Gasteiger partial charge is 0.481 e. The van der Waals surface area contributed by atoms with Gasteiger partial charge in [0.15, 0.2) is 6.39 Å². The van der Waals surface area contributed by atoms with Crippen LogP contribution in [-0.4, -0.2) is 16.1 Å². The van der Waals surface area contributed by atoms with Crippen LogP contribution in [0.2, 0.25) is 0 Å². The molecule has 0 aliphatic heterocycles. The maximum atomic E-state index is 10.9. The molecule has 0 aliphatic rings. The molecule has 1 N–H and O–H groups in total. The van der Waals surface area contributed by atoms with Gasteiger partial charge in [0.2, 0.25) is 0 Å². The molecular weight excluding hydrogens is 170 g/mol. The third-order valence-electron chi connectivity index (χ3n) is 2.00. The summed E-state index contributed by atoms with van der Waals surface area (Å²) in [4.78, 5) is 14.8. The van der Waals surface area contributed by atoms with Gasteiger partial charge in [-0.1, -0.05) is 13.8 Å². The number of carboxylic acids is 1. The molecule has 1 aromatic rings. The van der Waals surface area contributed by atoms with Gasteiger partial charge in [0, 0.05) is 0 Å². The molecule has 1 aromatic heterocycles. The second-order valence-electron chi connectivity index (χ2n) is 3.36. The van der Waals surface area contributed by atoms with E-state index in [0.717, 1.165) is 0 Å². The molecule has 1 unspecified atom stereocenters. The summed E-state index contributed by atoms with van der Waals surface area (Å²) in [6.07, 6.45) is 1.28. The average molecular weight is 183 g/mol. The number of nitrogens with zero attached hydrogens (tertiary/aromatic N) is 1. The first-order valence-corrected chi connectivity index (χ1v) is 4.16. The van der Waals surface area contributed by atoms with Crippen LogP contribution in [0, 0.1) is 12.8 Å². The zero-order valence-corrected chi connectivity index (χ0v) is 7.94. The molecule has 1 heterocycles. The fraction of sp³-hybridized carbons (Fsp3) is 0.556. The van der Waals surface area contributed by atoms with Crippen LogP contribution in [0.25, 0.3) is 0 Å². The number of carbonyl (C=O) groups is 1. The first-order valence-electron chi connectivity index (χ1n) is 4.16. The van der Waals surface area contributed by atoms with Crippen LogP contribution in [0.15, 0.2) is 10.8 Å². The highest BCUT2D eigenvalue weighted by Gasteiger charge is 2.28. The lowest BCUT2D eigenvalue weighted by molar-refractivity contribution is -0.140. The number of hydrogen-bond donors (Lipinski definition) is 1. The number of carboxylic acid groups (broad SMARTS) is 1. The molecule has 0 saturated carbocycles. The van der Waals surface area contributed by atoms with E-state index in [1.807, 2.05) is 13.8 Å². The Morgan fingerprint density at radius 3 is 2.54 bits per heavy atom. The Labute approximate surface area is 76.6 Å². The molecule has 0 radical (unpaired) electrons. The van der Waals surface area contributed by atoms with E-state index in [-0.39, 0.29) is 5.92 Å². The standard InChI is InChI=1S/C9H13NO3/c1-5(2)7(9(11)12)8-6(3)10-4-13-8/h4-5,7H,1-3H3,(H,11,12). The minimum Gasteiger partial charge on any atom is -0.481 e. The number of aromatic nitrogens is 1. The lowest BCUT2D eigenvalue weighted by Crippen LogP contribution is -2.17. The monoisotopic (exact) mass is 183 g/mol. The molecule has 4 nitrogen and oxygen atoms in total. The van der Waals surface area contributed by atoms with Crippen molar-refractivity contribution in [1.29, 1.82) is 0 Å². The summed E-state index contributed by atoms with van der Waals surface area (Å²) < 4.78 is 5.06. The second-order valence-corrected chi connectivity index (χ2v) is 3.36. The molecule has 1 atom stereocenters. The van der Waals surface area contributed by atoms with Crippen molar-refractivity contribution in [3.8, 4) is 0 Å². The summed E-state index contributed by atoms with van der Waals surface area (Å²) in [6.45, 7) is 5.44. The van der Waals surface area contributed by atoms with E-state index in [1.165, 1.54) is 6.39 Å². The van der Waals surface area contributed by atoms with Crippen LogP contribution in [0.3, 0.4) is 0 Å². The van der Waals surface area contributed by atoms with Gasteiger partial charge in [-0.25, -0.2) is 4.98 Å². The third-order valence-corrected chi connectivity index (χ3v) is 2.00. The lowest BCUT2D eigenvalue weighted by atomic mass is 9.92. The van der Waals surface area contributed by atoms with Crippen LogP contribution in [0.5, 0.6) is 0 Å². The Balaban J connectivity index is 3.02. The molecule has 72 valence electrons. The number of rotatable bonds is 3. The second kappa shape index (κ2) is 3.60. The normalized spacial score (nSPS) is 13.2. The Morgan fingerprint density at radius 2 is 2.23 bits per heavy atom. The van der Waals surface area contributed by atoms with Crippen molar-refractivity contribution in [3.63, 3.8) is 0 Å². The van der Waals surface area contributed by atoms with Gasteiger partial charge in [0.05, 0.1) is 5.69 Å². The van der Waals surface area contributed by atoms with Crippen LogP contribution in [0.1, 0.15) is 31.2 Å². The molecule has 0 aliphatic carbocycles. The number of oxazole rings is 1. The molecule has 0 saturated heterocycles. The van der Waals surface area contributed by atoms with Crippen LogP contribution in [0.4, 0.5) is 0 Å². The number of aliphatic carboxylic acids is 1. The summed E-state index contributed by atoms with van der Waals surface area (Å²) >= 11 is 0. The van der Waals surface area contributed by atoms with E-state index in [9.17, 15) is 4.79 Å². The summed E-state index contributed by atoms with van der Waals surface area (Å²) in [6, 6.07) is 0. The fourth-order valence-electron chi connectivity index (χ4n) is 1.31. The van der Waals surface area contributed by atoms with Gasteiger partial charge in [0.1, 0.15) is 11.7 Å². The van der Waals surface area contributed by atoms with E-state index < -0.39 is 11.9 Å². The molecule has 4 heteroatoms. The van der Waals surface area contributed by atoms with E-state index in [2.05, 4.69) is 4.98 Å². The van der Waals surface area contributed by atoms with Crippen LogP contribution < -0.4 is 0 Å². The van der Waals surface area contributed by atoms with Gasteiger partial charge in [-0.15, -0.1) is 0 Å². The summed E-state index contributed by atoms with van der Waals surface area (Å²) in [5.41, 5.74) is 0.654. The maximum absolute atomic E-state index is 10.9. The van der Waals surface area contributed by atoms with Gasteiger partial charge in [-0.2, -0.15) is 0 Å². The molecule has 0 spiro atoms. The summed E-state index contributed by atoms with van der Waals surface area (Å²) in [7, 11) is 0. The Kier molecular flexibility index (Phi) is 2.70. The Hall–Kier alpha value is -1.32. The van der Waals surface area contributed by atoms with E-state index in [1.54, 1.807) is 6.92 Å². The lowest BCUT2D eigenvalue weighted by Gasteiger charge is -2.13. The van der Waals surface area contributed by atoms with Crippen LogP contribution >= 0.6 is 0 Å².